The summed E-state index contributed by atoms with van der Waals surface area (Å²) in [7, 11) is 0. The molecule has 148 valence electrons. The zero-order chi connectivity index (χ0) is 19.6. The summed E-state index contributed by atoms with van der Waals surface area (Å²) in [5.41, 5.74) is -0.115. The molecule has 0 saturated heterocycles. The van der Waals surface area contributed by atoms with Crippen molar-refractivity contribution in [2.24, 2.45) is 5.41 Å². The highest BCUT2D eigenvalue weighted by Gasteiger charge is 2.24. The molecular formula is C19H38N2O4. The first-order valence-electron chi connectivity index (χ1n) is 9.34. The quantitative estimate of drug-likeness (QED) is 0.522. The second kappa shape index (κ2) is 11.5. The van der Waals surface area contributed by atoms with Crippen molar-refractivity contribution in [3.05, 3.63) is 0 Å². The third-order valence-electron chi connectivity index (χ3n) is 3.97. The molecule has 0 amide bonds. The fourth-order valence-electron chi connectivity index (χ4n) is 2.48. The molecule has 2 N–H and O–H groups in total. The summed E-state index contributed by atoms with van der Waals surface area (Å²) in [4.78, 5) is 23.6. The summed E-state index contributed by atoms with van der Waals surface area (Å²) < 4.78 is 10.5. The maximum Gasteiger partial charge on any atom is 0.322 e. The van der Waals surface area contributed by atoms with Gasteiger partial charge in [0.05, 0.1) is 13.2 Å². The van der Waals surface area contributed by atoms with Gasteiger partial charge in [-0.3, -0.25) is 9.59 Å². The van der Waals surface area contributed by atoms with Crippen LogP contribution in [0.1, 0.15) is 68.2 Å². The lowest BCUT2D eigenvalue weighted by atomic mass is 9.87. The van der Waals surface area contributed by atoms with Gasteiger partial charge in [0.25, 0.3) is 0 Å². The second-order valence-corrected chi connectivity index (χ2v) is 7.90. The van der Waals surface area contributed by atoms with Crippen molar-refractivity contribution in [2.75, 3.05) is 13.2 Å². The highest BCUT2D eigenvalue weighted by atomic mass is 16.5. The number of rotatable bonds is 12. The number of nitrogens with one attached hydrogen (secondary N) is 2. The fraction of sp³-hybridized carbons (Fsp3) is 0.895. The Kier molecular flexibility index (Phi) is 10.9. The third-order valence-corrected chi connectivity index (χ3v) is 3.97. The Bertz CT molecular complexity index is 410. The molecule has 0 saturated carbocycles. The molecule has 3 atom stereocenters. The molecule has 0 aromatic heterocycles. The lowest BCUT2D eigenvalue weighted by Gasteiger charge is -2.27. The van der Waals surface area contributed by atoms with E-state index >= 15 is 0 Å². The van der Waals surface area contributed by atoms with E-state index in [-0.39, 0.29) is 41.5 Å². The Labute approximate surface area is 153 Å². The van der Waals surface area contributed by atoms with Crippen LogP contribution in [0.5, 0.6) is 0 Å². The van der Waals surface area contributed by atoms with Crippen LogP contribution in [-0.4, -0.2) is 49.3 Å². The van der Waals surface area contributed by atoms with E-state index in [4.69, 9.17) is 9.47 Å². The van der Waals surface area contributed by atoms with Crippen molar-refractivity contribution in [1.82, 2.24) is 10.6 Å². The van der Waals surface area contributed by atoms with Crippen molar-refractivity contribution in [1.29, 1.82) is 0 Å². The monoisotopic (exact) mass is 358 g/mol. The van der Waals surface area contributed by atoms with Crippen LogP contribution >= 0.6 is 0 Å². The van der Waals surface area contributed by atoms with Gasteiger partial charge in [-0.2, -0.15) is 0 Å². The minimum atomic E-state index is -0.321. The van der Waals surface area contributed by atoms with Gasteiger partial charge in [-0.1, -0.05) is 27.7 Å². The van der Waals surface area contributed by atoms with E-state index < -0.39 is 0 Å². The van der Waals surface area contributed by atoms with Crippen molar-refractivity contribution in [2.45, 2.75) is 92.4 Å². The number of ether oxygens (including phenoxy) is 2. The topological polar surface area (TPSA) is 76.7 Å². The predicted molar refractivity (Wildman–Crippen MR) is 100 cm³/mol. The summed E-state index contributed by atoms with van der Waals surface area (Å²) in [6.07, 6.45) is 1.77. The molecule has 0 heterocycles. The molecule has 0 spiro atoms. The molecule has 0 radical (unpaired) electrons. The van der Waals surface area contributed by atoms with E-state index in [0.717, 1.165) is 12.8 Å². The van der Waals surface area contributed by atoms with Gasteiger partial charge in [-0.05, 0) is 46.0 Å². The van der Waals surface area contributed by atoms with E-state index in [0.29, 0.717) is 13.2 Å². The smallest absolute Gasteiger partial charge is 0.322 e. The van der Waals surface area contributed by atoms with Gasteiger partial charge < -0.3 is 20.1 Å². The van der Waals surface area contributed by atoms with Gasteiger partial charge in [0.1, 0.15) is 12.1 Å². The van der Waals surface area contributed by atoms with Crippen LogP contribution in [0, 0.1) is 5.41 Å². The first kappa shape index (κ1) is 23.9. The standard InChI is InChI=1S/C19H38N2O4/c1-9-24-17(22)16(6)21-14(4)10-11-19(7,8)12-25-18(23)15(5)20-13(2)3/h13-16,20-21H,9-12H2,1-8H3/t14?,15?,16-/m0/s1. The summed E-state index contributed by atoms with van der Waals surface area (Å²) in [6.45, 7) is 16.4. The van der Waals surface area contributed by atoms with Gasteiger partial charge >= 0.3 is 11.9 Å². The molecule has 6 nitrogen and oxygen atoms in total. The molecule has 25 heavy (non-hydrogen) atoms. The number of carbonyl (C=O) groups is 2. The molecule has 0 aliphatic rings. The second-order valence-electron chi connectivity index (χ2n) is 7.90. The molecule has 0 fully saturated rings. The maximum atomic E-state index is 12.0. The number of esters is 2. The molecule has 0 aromatic carbocycles. The number of hydrogen-bond donors (Lipinski definition) is 2. The molecule has 0 aromatic rings. The van der Waals surface area contributed by atoms with Crippen LogP contribution in [-0.2, 0) is 19.1 Å². The highest BCUT2D eigenvalue weighted by molar-refractivity contribution is 5.75. The van der Waals surface area contributed by atoms with Crippen molar-refractivity contribution in [3.8, 4) is 0 Å². The van der Waals surface area contributed by atoms with Crippen molar-refractivity contribution in [3.63, 3.8) is 0 Å². The maximum absolute atomic E-state index is 12.0. The molecule has 6 heteroatoms. The minimum Gasteiger partial charge on any atom is -0.465 e. The summed E-state index contributed by atoms with van der Waals surface area (Å²) >= 11 is 0. The zero-order valence-electron chi connectivity index (χ0n) is 17.3. The van der Waals surface area contributed by atoms with Crippen LogP contribution < -0.4 is 10.6 Å². The minimum absolute atomic E-state index is 0.115. The summed E-state index contributed by atoms with van der Waals surface area (Å²) in [5, 5.41) is 6.39. The molecule has 0 aliphatic carbocycles. The highest BCUT2D eigenvalue weighted by Crippen LogP contribution is 2.24. The molecule has 2 unspecified atom stereocenters. The van der Waals surface area contributed by atoms with Crippen molar-refractivity contribution < 1.29 is 19.1 Å². The number of carbonyl (C=O) groups excluding carboxylic acids is 2. The van der Waals surface area contributed by atoms with Gasteiger partial charge in [0, 0.05) is 12.1 Å². The van der Waals surface area contributed by atoms with Gasteiger partial charge in [-0.15, -0.1) is 0 Å². The van der Waals surface area contributed by atoms with E-state index in [2.05, 4.69) is 24.5 Å². The van der Waals surface area contributed by atoms with E-state index in [1.807, 2.05) is 34.6 Å². The Hall–Kier alpha value is -1.14. The lowest BCUT2D eigenvalue weighted by molar-refractivity contribution is -0.149. The zero-order valence-corrected chi connectivity index (χ0v) is 17.3. The molecular weight excluding hydrogens is 320 g/mol. The van der Waals surface area contributed by atoms with Gasteiger partial charge in [0.2, 0.25) is 0 Å². The largest absolute Gasteiger partial charge is 0.465 e. The average molecular weight is 359 g/mol. The van der Waals surface area contributed by atoms with Gasteiger partial charge in [-0.25, -0.2) is 0 Å². The lowest BCUT2D eigenvalue weighted by Crippen LogP contribution is -2.42. The molecule has 0 bridgehead atoms. The predicted octanol–water partition coefficient (Wildman–Crippen LogP) is 2.65. The Morgan fingerprint density at radius 2 is 1.44 bits per heavy atom. The molecule has 0 aliphatic heterocycles. The van der Waals surface area contributed by atoms with E-state index in [1.165, 1.54) is 0 Å². The third kappa shape index (κ3) is 11.2. The van der Waals surface area contributed by atoms with Gasteiger partial charge in [0.15, 0.2) is 0 Å². The van der Waals surface area contributed by atoms with Crippen LogP contribution in [0.15, 0.2) is 0 Å². The first-order chi connectivity index (χ1) is 11.5. The van der Waals surface area contributed by atoms with E-state index in [1.54, 1.807) is 6.92 Å². The Balaban J connectivity index is 4.22. The van der Waals surface area contributed by atoms with E-state index in [9.17, 15) is 9.59 Å². The Morgan fingerprint density at radius 1 is 0.920 bits per heavy atom. The van der Waals surface area contributed by atoms with Crippen LogP contribution in [0.2, 0.25) is 0 Å². The normalized spacial score (nSPS) is 15.6. The van der Waals surface area contributed by atoms with Crippen LogP contribution in [0.25, 0.3) is 0 Å². The average Bonchev–Trinajstić information content (AvgIpc) is 2.50. The first-order valence-corrected chi connectivity index (χ1v) is 9.34. The summed E-state index contributed by atoms with van der Waals surface area (Å²) in [5.74, 6) is -0.446. The number of hydrogen-bond acceptors (Lipinski definition) is 6. The summed E-state index contributed by atoms with van der Waals surface area (Å²) in [6, 6.07) is -0.208. The SMILES string of the molecule is CCOC(=O)[C@H](C)NC(C)CCC(C)(C)COC(=O)C(C)NC(C)C. The fourth-order valence-corrected chi connectivity index (χ4v) is 2.48. The Morgan fingerprint density at radius 3 is 1.96 bits per heavy atom. The molecule has 0 rings (SSSR count). The van der Waals surface area contributed by atoms with Crippen LogP contribution in [0.3, 0.4) is 0 Å². The van der Waals surface area contributed by atoms with Crippen molar-refractivity contribution >= 4 is 11.9 Å². The van der Waals surface area contributed by atoms with Crippen LogP contribution in [0.4, 0.5) is 0 Å².